The van der Waals surface area contributed by atoms with Crippen LogP contribution in [0.25, 0.3) is 0 Å². The largest absolute Gasteiger partial charge is 0.315 e. The Morgan fingerprint density at radius 3 is 2.69 bits per heavy atom. The molecule has 1 fully saturated rings. The molecule has 10 heteroatoms. The molecule has 0 spiro atoms. The van der Waals surface area contributed by atoms with Crippen molar-refractivity contribution < 1.29 is 17.6 Å². The summed E-state index contributed by atoms with van der Waals surface area (Å²) in [5, 5.41) is 13.1. The van der Waals surface area contributed by atoms with E-state index in [1.165, 1.54) is 38.7 Å². The van der Waals surface area contributed by atoms with Crippen molar-refractivity contribution >= 4 is 32.3 Å². The Labute approximate surface area is 191 Å². The van der Waals surface area contributed by atoms with Gasteiger partial charge in [-0.3, -0.25) is 9.69 Å². The summed E-state index contributed by atoms with van der Waals surface area (Å²) >= 11 is 1.49. The summed E-state index contributed by atoms with van der Waals surface area (Å²) in [6.45, 7) is 3.39. The second kappa shape index (κ2) is 9.27. The van der Waals surface area contributed by atoms with E-state index in [1.54, 1.807) is 0 Å². The highest BCUT2D eigenvalue weighted by atomic mass is 32.2. The molecule has 32 heavy (non-hydrogen) atoms. The molecular weight excluding hydrogens is 451 g/mol. The minimum atomic E-state index is -3.91. The number of anilines is 1. The van der Waals surface area contributed by atoms with Gasteiger partial charge in [-0.15, -0.1) is 11.3 Å². The van der Waals surface area contributed by atoms with Gasteiger partial charge in [-0.2, -0.15) is 9.57 Å². The van der Waals surface area contributed by atoms with Gasteiger partial charge in [0, 0.05) is 31.1 Å². The van der Waals surface area contributed by atoms with Gasteiger partial charge >= 0.3 is 0 Å². The number of amides is 1. The number of nitriles is 1. The fourth-order valence-corrected chi connectivity index (χ4v) is 7.11. The molecule has 1 aliphatic carbocycles. The van der Waals surface area contributed by atoms with Gasteiger partial charge in [0.15, 0.2) is 0 Å². The fraction of sp³-hybridized carbons (Fsp3) is 0.455. The molecule has 1 N–H and O–H groups in total. The highest BCUT2D eigenvalue weighted by Crippen LogP contribution is 2.39. The smallest absolute Gasteiger partial charge is 0.246 e. The minimum absolute atomic E-state index is 0.109. The summed E-state index contributed by atoms with van der Waals surface area (Å²) in [6, 6.07) is 7.59. The molecular formula is C22H25FN4O3S2. The molecule has 0 unspecified atom stereocenters. The summed E-state index contributed by atoms with van der Waals surface area (Å²) < 4.78 is 40.7. The average Bonchev–Trinajstić information content (AvgIpc) is 3.09. The molecule has 4 rings (SSSR count). The summed E-state index contributed by atoms with van der Waals surface area (Å²) in [4.78, 5) is 15.4. The first-order valence-electron chi connectivity index (χ1n) is 10.6. The first kappa shape index (κ1) is 22.9. The third-order valence-electron chi connectivity index (χ3n) is 6.03. The molecule has 1 aromatic heterocycles. The fourth-order valence-electron chi connectivity index (χ4n) is 4.25. The van der Waals surface area contributed by atoms with Crippen LogP contribution in [0, 0.1) is 23.1 Å². The third-order valence-corrected chi connectivity index (χ3v) is 9.13. The van der Waals surface area contributed by atoms with Crippen LogP contribution >= 0.6 is 11.3 Å². The number of hydrogen-bond acceptors (Lipinski definition) is 6. The number of benzene rings is 1. The van der Waals surface area contributed by atoms with Crippen molar-refractivity contribution in [2.75, 3.05) is 38.0 Å². The molecule has 2 heterocycles. The van der Waals surface area contributed by atoms with Gasteiger partial charge in [0.2, 0.25) is 15.9 Å². The Bertz CT molecular complexity index is 1160. The van der Waals surface area contributed by atoms with Crippen LogP contribution in [0.3, 0.4) is 0 Å². The molecule has 1 amide bonds. The van der Waals surface area contributed by atoms with Crippen LogP contribution < -0.4 is 5.32 Å². The van der Waals surface area contributed by atoms with E-state index < -0.39 is 15.8 Å². The molecule has 0 radical (unpaired) electrons. The summed E-state index contributed by atoms with van der Waals surface area (Å²) in [7, 11) is -3.91. The van der Waals surface area contributed by atoms with Crippen molar-refractivity contribution in [3.8, 4) is 6.07 Å². The number of piperazine rings is 1. The van der Waals surface area contributed by atoms with Crippen molar-refractivity contribution in [2.45, 2.75) is 31.1 Å². The molecule has 0 bridgehead atoms. The number of fused-ring (bicyclic) bond motifs is 1. The van der Waals surface area contributed by atoms with Gasteiger partial charge in [0.05, 0.1) is 12.1 Å². The minimum Gasteiger partial charge on any atom is -0.315 e. The zero-order valence-corrected chi connectivity index (χ0v) is 19.4. The normalized spacial score (nSPS) is 19.8. The van der Waals surface area contributed by atoms with Gasteiger partial charge in [-0.1, -0.05) is 19.1 Å². The molecule has 2 aromatic rings. The molecule has 1 aliphatic heterocycles. The number of nitrogens with zero attached hydrogens (tertiary/aromatic N) is 3. The maximum Gasteiger partial charge on any atom is 0.246 e. The summed E-state index contributed by atoms with van der Waals surface area (Å²) in [5.41, 5.74) is 1.64. The first-order chi connectivity index (χ1) is 15.3. The predicted molar refractivity (Wildman–Crippen MR) is 120 cm³/mol. The highest BCUT2D eigenvalue weighted by Gasteiger charge is 2.31. The number of carbonyl (C=O) groups excluding carboxylic acids is 1. The van der Waals surface area contributed by atoms with Crippen molar-refractivity contribution in [1.82, 2.24) is 9.21 Å². The van der Waals surface area contributed by atoms with Crippen molar-refractivity contribution in [3.63, 3.8) is 0 Å². The molecule has 1 saturated heterocycles. The average molecular weight is 477 g/mol. The van der Waals surface area contributed by atoms with E-state index in [0.717, 1.165) is 30.9 Å². The molecule has 1 aromatic carbocycles. The highest BCUT2D eigenvalue weighted by molar-refractivity contribution is 7.89. The monoisotopic (exact) mass is 476 g/mol. The van der Waals surface area contributed by atoms with Crippen LogP contribution in [0.5, 0.6) is 0 Å². The number of rotatable bonds is 5. The van der Waals surface area contributed by atoms with E-state index in [9.17, 15) is 22.9 Å². The Balaban J connectivity index is 1.36. The Morgan fingerprint density at radius 2 is 2.00 bits per heavy atom. The second-order valence-electron chi connectivity index (χ2n) is 8.33. The quantitative estimate of drug-likeness (QED) is 0.716. The number of halogens is 1. The number of carbonyl (C=O) groups is 1. The Hall–Kier alpha value is -2.32. The van der Waals surface area contributed by atoms with Crippen LogP contribution in [-0.2, 0) is 27.7 Å². The lowest BCUT2D eigenvalue weighted by Crippen LogP contribution is -2.50. The van der Waals surface area contributed by atoms with Crippen molar-refractivity contribution in [2.24, 2.45) is 5.92 Å². The van der Waals surface area contributed by atoms with E-state index in [0.29, 0.717) is 29.6 Å². The topological polar surface area (TPSA) is 93.5 Å². The zero-order chi connectivity index (χ0) is 22.9. The van der Waals surface area contributed by atoms with Crippen molar-refractivity contribution in [1.29, 1.82) is 5.26 Å². The Morgan fingerprint density at radius 1 is 1.28 bits per heavy atom. The van der Waals surface area contributed by atoms with E-state index in [4.69, 9.17) is 0 Å². The van der Waals surface area contributed by atoms with Crippen molar-refractivity contribution in [3.05, 3.63) is 46.1 Å². The van der Waals surface area contributed by atoms with E-state index in [1.807, 2.05) is 4.90 Å². The molecule has 2 aliphatic rings. The standard InChI is InChI=1S/C22H25FN4O3S2/c1-15-6-7-16-17(13-24)22(31-19(16)12-15)25-21(28)14-26-8-10-27(11-9-26)32(29,30)20-5-3-2-4-18(20)23/h2-5,15H,6-12,14H2,1H3,(H,25,28)/t15-/m0/s1. The van der Waals surface area contributed by atoms with Gasteiger partial charge in [-0.25, -0.2) is 12.8 Å². The molecule has 7 nitrogen and oxygen atoms in total. The zero-order valence-electron chi connectivity index (χ0n) is 17.8. The predicted octanol–water partition coefficient (Wildman–Crippen LogP) is 2.83. The number of thiophene rings is 1. The number of nitrogens with one attached hydrogen (secondary N) is 1. The second-order valence-corrected chi connectivity index (χ2v) is 11.3. The van der Waals surface area contributed by atoms with Gasteiger partial charge in [0.1, 0.15) is 21.8 Å². The SMILES string of the molecule is C[C@H]1CCc2c(sc(NC(=O)CN3CCN(S(=O)(=O)c4ccccc4F)CC3)c2C#N)C1. The molecule has 0 saturated carbocycles. The van der Waals surface area contributed by atoms with Gasteiger partial charge in [0.25, 0.3) is 0 Å². The third kappa shape index (κ3) is 4.57. The molecule has 1 atom stereocenters. The first-order valence-corrected chi connectivity index (χ1v) is 12.9. The van der Waals surface area contributed by atoms with Crippen LogP contribution in [0.1, 0.15) is 29.3 Å². The van der Waals surface area contributed by atoms with E-state index in [2.05, 4.69) is 18.3 Å². The van der Waals surface area contributed by atoms with Crippen LogP contribution in [0.4, 0.5) is 9.39 Å². The maximum absolute atomic E-state index is 14.0. The maximum atomic E-state index is 14.0. The Kier molecular flexibility index (Phi) is 6.62. The number of hydrogen-bond donors (Lipinski definition) is 1. The lowest BCUT2D eigenvalue weighted by Gasteiger charge is -2.33. The summed E-state index contributed by atoms with van der Waals surface area (Å²) in [5.74, 6) is -0.414. The van der Waals surface area contributed by atoms with E-state index in [-0.39, 0.29) is 30.4 Å². The molecule has 170 valence electrons. The van der Waals surface area contributed by atoms with Crippen LogP contribution in [0.15, 0.2) is 29.2 Å². The van der Waals surface area contributed by atoms with Gasteiger partial charge in [-0.05, 0) is 42.9 Å². The lowest BCUT2D eigenvalue weighted by molar-refractivity contribution is -0.117. The van der Waals surface area contributed by atoms with Gasteiger partial charge < -0.3 is 5.32 Å². The number of sulfonamides is 1. The van der Waals surface area contributed by atoms with Crippen LogP contribution in [-0.4, -0.2) is 56.3 Å². The van der Waals surface area contributed by atoms with Crippen LogP contribution in [0.2, 0.25) is 0 Å². The summed E-state index contributed by atoms with van der Waals surface area (Å²) in [6.07, 6.45) is 2.85. The van der Waals surface area contributed by atoms with E-state index >= 15 is 0 Å². The lowest BCUT2D eigenvalue weighted by atomic mass is 9.89.